The maximum absolute atomic E-state index is 4.13. The Morgan fingerprint density at radius 2 is 2.11 bits per heavy atom. The third-order valence-electron chi connectivity index (χ3n) is 3.26. The molecule has 3 rings (SSSR count). The first-order valence-electron chi connectivity index (χ1n) is 6.03. The predicted octanol–water partition coefficient (Wildman–Crippen LogP) is 2.59. The van der Waals surface area contributed by atoms with E-state index in [9.17, 15) is 0 Å². The topological polar surface area (TPSA) is 42.7 Å². The van der Waals surface area contributed by atoms with E-state index in [1.807, 2.05) is 11.6 Å². The van der Waals surface area contributed by atoms with E-state index >= 15 is 0 Å². The van der Waals surface area contributed by atoms with Crippen LogP contribution in [0.3, 0.4) is 0 Å². The summed E-state index contributed by atoms with van der Waals surface area (Å²) in [4.78, 5) is 0. The van der Waals surface area contributed by atoms with Gasteiger partial charge in [-0.1, -0.05) is 35.5 Å². The average Bonchev–Trinajstić information content (AvgIpc) is 2.71. The average molecular weight is 260 g/mol. The molecular formula is C13H16N4S. The Kier molecular flexibility index (Phi) is 2.78. The maximum Gasteiger partial charge on any atom is 0.210 e. The van der Waals surface area contributed by atoms with Gasteiger partial charge in [-0.25, -0.2) is 4.68 Å². The van der Waals surface area contributed by atoms with E-state index in [0.29, 0.717) is 6.04 Å². The van der Waals surface area contributed by atoms with Crippen molar-refractivity contribution in [3.63, 3.8) is 0 Å². The molecule has 0 saturated carbocycles. The van der Waals surface area contributed by atoms with Gasteiger partial charge in [-0.05, 0) is 31.9 Å². The smallest absolute Gasteiger partial charge is 0.210 e. The lowest BCUT2D eigenvalue weighted by Crippen LogP contribution is -2.29. The molecule has 2 aromatic rings. The summed E-state index contributed by atoms with van der Waals surface area (Å²) in [5.74, 6) is 1.90. The van der Waals surface area contributed by atoms with Crippen LogP contribution in [0.5, 0.6) is 0 Å². The molecule has 0 aliphatic carbocycles. The zero-order valence-corrected chi connectivity index (χ0v) is 11.6. The van der Waals surface area contributed by atoms with E-state index in [4.69, 9.17) is 0 Å². The molecule has 0 radical (unpaired) electrons. The molecule has 1 aliphatic rings. The van der Waals surface area contributed by atoms with Gasteiger partial charge in [0.15, 0.2) is 0 Å². The van der Waals surface area contributed by atoms with E-state index in [1.165, 1.54) is 16.7 Å². The number of benzene rings is 1. The van der Waals surface area contributed by atoms with Gasteiger partial charge in [0.05, 0.1) is 6.04 Å². The quantitative estimate of drug-likeness (QED) is 0.856. The molecule has 1 N–H and O–H groups in total. The standard InChI is InChI=1S/C13H16N4S/c1-8-4-5-11(9(2)6-8)12-7-18-13-15-14-10(3)17(13)16-12/h4-6,12,16H,7H2,1-3H3. The van der Waals surface area contributed by atoms with Gasteiger partial charge in [-0.2, -0.15) is 0 Å². The summed E-state index contributed by atoms with van der Waals surface area (Å²) in [7, 11) is 0. The van der Waals surface area contributed by atoms with Gasteiger partial charge in [0, 0.05) is 5.75 Å². The Morgan fingerprint density at radius 3 is 2.89 bits per heavy atom. The van der Waals surface area contributed by atoms with Crippen molar-refractivity contribution >= 4 is 11.8 Å². The summed E-state index contributed by atoms with van der Waals surface area (Å²) in [6.07, 6.45) is 0. The van der Waals surface area contributed by atoms with Crippen LogP contribution in [0.2, 0.25) is 0 Å². The van der Waals surface area contributed by atoms with Crippen LogP contribution in [0.1, 0.15) is 28.6 Å². The number of hydrogen-bond donors (Lipinski definition) is 1. The highest BCUT2D eigenvalue weighted by Gasteiger charge is 2.23. The largest absolute Gasteiger partial charge is 0.314 e. The van der Waals surface area contributed by atoms with Crippen LogP contribution in [-0.2, 0) is 0 Å². The second-order valence-corrected chi connectivity index (χ2v) is 5.71. The third kappa shape index (κ3) is 1.88. The van der Waals surface area contributed by atoms with Crippen molar-refractivity contribution in [1.82, 2.24) is 14.9 Å². The van der Waals surface area contributed by atoms with Gasteiger partial charge in [0.2, 0.25) is 5.16 Å². The summed E-state index contributed by atoms with van der Waals surface area (Å²) in [5, 5.41) is 9.18. The predicted molar refractivity (Wildman–Crippen MR) is 73.5 cm³/mol. The first kappa shape index (κ1) is 11.6. The number of aromatic nitrogens is 3. The number of fused-ring (bicyclic) bond motifs is 1. The fourth-order valence-corrected chi connectivity index (χ4v) is 3.29. The molecule has 2 heterocycles. The highest BCUT2D eigenvalue weighted by molar-refractivity contribution is 7.99. The van der Waals surface area contributed by atoms with Crippen LogP contribution >= 0.6 is 11.8 Å². The zero-order valence-electron chi connectivity index (χ0n) is 10.8. The van der Waals surface area contributed by atoms with Crippen LogP contribution < -0.4 is 5.43 Å². The number of aryl methyl sites for hydroxylation is 3. The minimum atomic E-state index is 0.317. The van der Waals surface area contributed by atoms with Gasteiger partial charge < -0.3 is 5.43 Å². The summed E-state index contributed by atoms with van der Waals surface area (Å²) >= 11 is 1.75. The number of nitrogens with one attached hydrogen (secondary N) is 1. The molecule has 5 heteroatoms. The molecule has 94 valence electrons. The summed E-state index contributed by atoms with van der Waals surface area (Å²) in [6.45, 7) is 6.26. The first-order valence-corrected chi connectivity index (χ1v) is 7.02. The van der Waals surface area contributed by atoms with Crippen LogP contribution in [0.15, 0.2) is 23.4 Å². The van der Waals surface area contributed by atoms with Crippen LogP contribution in [-0.4, -0.2) is 20.6 Å². The lowest BCUT2D eigenvalue weighted by atomic mass is 10.0. The number of thioether (sulfide) groups is 1. The van der Waals surface area contributed by atoms with Crippen molar-refractivity contribution < 1.29 is 0 Å². The summed E-state index contributed by atoms with van der Waals surface area (Å²) in [5.41, 5.74) is 7.49. The molecule has 1 aliphatic heterocycles. The Bertz CT molecular complexity index is 591. The van der Waals surface area contributed by atoms with E-state index in [0.717, 1.165) is 16.7 Å². The molecule has 4 nitrogen and oxygen atoms in total. The number of hydrogen-bond acceptors (Lipinski definition) is 4. The SMILES string of the molecule is Cc1ccc(C2CSc3nnc(C)n3N2)c(C)c1. The molecule has 1 aromatic heterocycles. The molecular weight excluding hydrogens is 244 g/mol. The summed E-state index contributed by atoms with van der Waals surface area (Å²) < 4.78 is 1.98. The first-order chi connectivity index (χ1) is 8.65. The molecule has 0 bridgehead atoms. The fourth-order valence-electron chi connectivity index (χ4n) is 2.31. The van der Waals surface area contributed by atoms with Gasteiger partial charge in [-0.15, -0.1) is 10.2 Å². The van der Waals surface area contributed by atoms with Crippen molar-refractivity contribution in [2.45, 2.75) is 32.0 Å². The minimum absolute atomic E-state index is 0.317. The molecule has 0 spiro atoms. The minimum Gasteiger partial charge on any atom is -0.314 e. The molecule has 1 unspecified atom stereocenters. The van der Waals surface area contributed by atoms with Crippen molar-refractivity contribution in [1.29, 1.82) is 0 Å². The molecule has 0 fully saturated rings. The number of nitrogens with zero attached hydrogens (tertiary/aromatic N) is 3. The Morgan fingerprint density at radius 1 is 1.28 bits per heavy atom. The van der Waals surface area contributed by atoms with Crippen molar-refractivity contribution in [2.24, 2.45) is 0 Å². The zero-order chi connectivity index (χ0) is 12.7. The van der Waals surface area contributed by atoms with E-state index in [2.05, 4.69) is 47.7 Å². The van der Waals surface area contributed by atoms with Crippen molar-refractivity contribution in [3.05, 3.63) is 40.7 Å². The highest BCUT2D eigenvalue weighted by atomic mass is 32.2. The van der Waals surface area contributed by atoms with E-state index in [1.54, 1.807) is 11.8 Å². The van der Waals surface area contributed by atoms with Gasteiger partial charge in [0.25, 0.3) is 0 Å². The normalized spacial score (nSPS) is 18.3. The van der Waals surface area contributed by atoms with Gasteiger partial charge in [0.1, 0.15) is 5.82 Å². The second-order valence-electron chi connectivity index (χ2n) is 4.72. The van der Waals surface area contributed by atoms with Crippen molar-refractivity contribution in [2.75, 3.05) is 11.2 Å². The van der Waals surface area contributed by atoms with E-state index < -0.39 is 0 Å². The van der Waals surface area contributed by atoms with Crippen LogP contribution in [0.4, 0.5) is 0 Å². The third-order valence-corrected chi connectivity index (χ3v) is 4.28. The monoisotopic (exact) mass is 260 g/mol. The van der Waals surface area contributed by atoms with Gasteiger partial charge >= 0.3 is 0 Å². The molecule has 0 saturated heterocycles. The van der Waals surface area contributed by atoms with Crippen molar-refractivity contribution in [3.8, 4) is 0 Å². The summed E-state index contributed by atoms with van der Waals surface area (Å²) in [6, 6.07) is 6.94. The highest BCUT2D eigenvalue weighted by Crippen LogP contribution is 2.31. The van der Waals surface area contributed by atoms with E-state index in [-0.39, 0.29) is 0 Å². The second kappa shape index (κ2) is 4.31. The lowest BCUT2D eigenvalue weighted by Gasteiger charge is -2.27. The molecule has 0 amide bonds. The molecule has 1 aromatic carbocycles. The van der Waals surface area contributed by atoms with Gasteiger partial charge in [-0.3, -0.25) is 0 Å². The van der Waals surface area contributed by atoms with Crippen LogP contribution in [0, 0.1) is 20.8 Å². The molecule has 18 heavy (non-hydrogen) atoms. The Labute approximate surface area is 111 Å². The maximum atomic E-state index is 4.13. The Balaban J connectivity index is 1.93. The molecule has 1 atom stereocenters. The Hall–Kier alpha value is -1.49. The van der Waals surface area contributed by atoms with Crippen LogP contribution in [0.25, 0.3) is 0 Å². The lowest BCUT2D eigenvalue weighted by molar-refractivity contribution is 0.643. The number of rotatable bonds is 1. The fraction of sp³-hybridized carbons (Fsp3) is 0.385.